The molecular formula is C52H34N2O. The fourth-order valence-electron chi connectivity index (χ4n) is 8.49. The number of anilines is 3. The van der Waals surface area contributed by atoms with Gasteiger partial charge in [-0.2, -0.15) is 0 Å². The van der Waals surface area contributed by atoms with Gasteiger partial charge in [-0.15, -0.1) is 0 Å². The van der Waals surface area contributed by atoms with Gasteiger partial charge in [0.25, 0.3) is 0 Å². The summed E-state index contributed by atoms with van der Waals surface area (Å²) in [6.07, 6.45) is 0. The van der Waals surface area contributed by atoms with Crippen LogP contribution in [0.2, 0.25) is 0 Å². The van der Waals surface area contributed by atoms with Crippen LogP contribution in [0.1, 0.15) is 0 Å². The van der Waals surface area contributed by atoms with Crippen LogP contribution in [0.4, 0.5) is 17.1 Å². The fraction of sp³-hybridized carbons (Fsp3) is 0. The molecule has 55 heavy (non-hydrogen) atoms. The van der Waals surface area contributed by atoms with Crippen molar-refractivity contribution in [3.8, 4) is 27.9 Å². The van der Waals surface area contributed by atoms with E-state index in [1.165, 1.54) is 27.1 Å². The lowest BCUT2D eigenvalue weighted by molar-refractivity contribution is 0.670. The van der Waals surface area contributed by atoms with Crippen LogP contribution >= 0.6 is 0 Å². The molecule has 2 aromatic heterocycles. The van der Waals surface area contributed by atoms with Crippen molar-refractivity contribution in [3.63, 3.8) is 0 Å². The molecule has 0 unspecified atom stereocenters. The maximum Gasteiger partial charge on any atom is 0.143 e. The zero-order valence-corrected chi connectivity index (χ0v) is 29.9. The molecule has 0 atom stereocenters. The average Bonchev–Trinajstić information content (AvgIpc) is 3.80. The summed E-state index contributed by atoms with van der Waals surface area (Å²) >= 11 is 0. The molecule has 3 nitrogen and oxygen atoms in total. The van der Waals surface area contributed by atoms with Crippen molar-refractivity contribution < 1.29 is 4.42 Å². The summed E-state index contributed by atoms with van der Waals surface area (Å²) in [5.74, 6) is 0. The highest BCUT2D eigenvalue weighted by molar-refractivity contribution is 6.13. The Labute approximate surface area is 318 Å². The van der Waals surface area contributed by atoms with E-state index in [2.05, 4.69) is 210 Å². The van der Waals surface area contributed by atoms with Crippen LogP contribution in [0.15, 0.2) is 211 Å². The number of para-hydroxylation sites is 6. The van der Waals surface area contributed by atoms with Crippen LogP contribution in [-0.2, 0) is 0 Å². The van der Waals surface area contributed by atoms with Crippen LogP contribution in [-0.4, -0.2) is 4.57 Å². The van der Waals surface area contributed by atoms with Crippen LogP contribution in [0.25, 0.3) is 82.5 Å². The molecule has 0 saturated heterocycles. The molecule has 2 heterocycles. The quantitative estimate of drug-likeness (QED) is 0.172. The van der Waals surface area contributed by atoms with Gasteiger partial charge in [0.15, 0.2) is 0 Å². The second kappa shape index (κ2) is 12.6. The van der Waals surface area contributed by atoms with Gasteiger partial charge in [0, 0.05) is 49.6 Å². The first-order valence-corrected chi connectivity index (χ1v) is 18.8. The lowest BCUT2D eigenvalue weighted by atomic mass is 9.96. The summed E-state index contributed by atoms with van der Waals surface area (Å²) in [6.45, 7) is 0. The predicted molar refractivity (Wildman–Crippen MR) is 231 cm³/mol. The van der Waals surface area contributed by atoms with Gasteiger partial charge in [-0.3, -0.25) is 0 Å². The van der Waals surface area contributed by atoms with E-state index in [1.807, 2.05) is 6.07 Å². The first-order chi connectivity index (χ1) is 27.3. The largest absolute Gasteiger partial charge is 0.455 e. The van der Waals surface area contributed by atoms with E-state index < -0.39 is 0 Å². The Morgan fingerprint density at radius 1 is 0.382 bits per heavy atom. The van der Waals surface area contributed by atoms with Crippen LogP contribution in [0.5, 0.6) is 0 Å². The van der Waals surface area contributed by atoms with E-state index >= 15 is 0 Å². The van der Waals surface area contributed by atoms with Gasteiger partial charge >= 0.3 is 0 Å². The van der Waals surface area contributed by atoms with Gasteiger partial charge in [0.1, 0.15) is 11.2 Å². The number of furan rings is 1. The van der Waals surface area contributed by atoms with Crippen LogP contribution in [0.3, 0.4) is 0 Å². The van der Waals surface area contributed by atoms with Crippen molar-refractivity contribution in [1.82, 2.24) is 4.57 Å². The predicted octanol–water partition coefficient (Wildman–Crippen LogP) is 14.6. The third-order valence-electron chi connectivity index (χ3n) is 11.0. The third kappa shape index (κ3) is 5.05. The lowest BCUT2D eigenvalue weighted by Crippen LogP contribution is -2.12. The molecular weight excluding hydrogens is 669 g/mol. The minimum Gasteiger partial charge on any atom is -0.455 e. The van der Waals surface area contributed by atoms with Gasteiger partial charge in [-0.1, -0.05) is 152 Å². The third-order valence-corrected chi connectivity index (χ3v) is 11.0. The number of fused-ring (bicyclic) bond motifs is 7. The molecule has 0 spiro atoms. The van der Waals surface area contributed by atoms with Gasteiger partial charge < -0.3 is 13.9 Å². The lowest BCUT2D eigenvalue weighted by Gasteiger charge is -2.30. The van der Waals surface area contributed by atoms with Crippen LogP contribution in [0, 0.1) is 0 Å². The molecule has 11 aromatic rings. The summed E-state index contributed by atoms with van der Waals surface area (Å²) in [5.41, 5.74) is 12.9. The SMILES string of the molecule is c1ccc(-n2c3ccccc3c3ccc(N(c4ccccc4-c4ccc5ccccc5c4)c4ccccc4-c4cccc5c4oc4ccccc45)cc32)cc1. The molecule has 0 radical (unpaired) electrons. The van der Waals surface area contributed by atoms with E-state index in [9.17, 15) is 0 Å². The summed E-state index contributed by atoms with van der Waals surface area (Å²) in [6, 6.07) is 74.0. The van der Waals surface area contributed by atoms with Crippen molar-refractivity contribution in [3.05, 3.63) is 206 Å². The topological polar surface area (TPSA) is 21.3 Å². The minimum atomic E-state index is 0.888. The molecule has 0 aliphatic heterocycles. The number of nitrogens with zero attached hydrogens (tertiary/aromatic N) is 2. The number of aromatic nitrogens is 1. The molecule has 0 aliphatic rings. The molecule has 0 fully saturated rings. The normalized spacial score (nSPS) is 11.6. The minimum absolute atomic E-state index is 0.888. The molecule has 258 valence electrons. The fourth-order valence-corrected chi connectivity index (χ4v) is 8.49. The van der Waals surface area contributed by atoms with Gasteiger partial charge in [0.05, 0.1) is 22.4 Å². The maximum atomic E-state index is 6.65. The number of rotatable bonds is 6. The van der Waals surface area contributed by atoms with Crippen molar-refractivity contribution >= 4 is 71.6 Å². The van der Waals surface area contributed by atoms with E-state index in [-0.39, 0.29) is 0 Å². The summed E-state index contributed by atoms with van der Waals surface area (Å²) < 4.78 is 9.04. The highest BCUT2D eigenvalue weighted by Gasteiger charge is 2.24. The Bertz CT molecular complexity index is 3220. The first-order valence-electron chi connectivity index (χ1n) is 18.8. The zero-order chi connectivity index (χ0) is 36.3. The van der Waals surface area contributed by atoms with Crippen molar-refractivity contribution in [1.29, 1.82) is 0 Å². The Morgan fingerprint density at radius 2 is 1.02 bits per heavy atom. The van der Waals surface area contributed by atoms with E-state index in [4.69, 9.17) is 4.42 Å². The molecule has 11 rings (SSSR count). The monoisotopic (exact) mass is 702 g/mol. The maximum absolute atomic E-state index is 6.65. The molecule has 3 heteroatoms. The van der Waals surface area contributed by atoms with Crippen molar-refractivity contribution in [2.75, 3.05) is 4.90 Å². The van der Waals surface area contributed by atoms with Gasteiger partial charge in [-0.25, -0.2) is 0 Å². The zero-order valence-electron chi connectivity index (χ0n) is 29.9. The smallest absolute Gasteiger partial charge is 0.143 e. The average molecular weight is 703 g/mol. The van der Waals surface area contributed by atoms with Crippen LogP contribution < -0.4 is 4.90 Å². The summed E-state index contributed by atoms with van der Waals surface area (Å²) in [7, 11) is 0. The van der Waals surface area contributed by atoms with E-state index in [1.54, 1.807) is 0 Å². The van der Waals surface area contributed by atoms with E-state index in [0.717, 1.165) is 72.5 Å². The molecule has 0 amide bonds. The van der Waals surface area contributed by atoms with Gasteiger partial charge in [0.2, 0.25) is 0 Å². The molecule has 0 aliphatic carbocycles. The standard InChI is InChI=1S/C52H34N2O/c1-2-17-38(18-3-1)53-48-26-11-7-20-41(48)43-32-31-39(34-50(43)53)54(47-25-10-6-19-40(47)37-30-29-35-15-4-5-16-36(35)33-37)49-27-12-8-21-42(49)45-23-14-24-46-44-22-9-13-28-51(44)55-52(45)46/h1-34H. The molecule has 0 saturated carbocycles. The number of hydrogen-bond donors (Lipinski definition) is 0. The summed E-state index contributed by atoms with van der Waals surface area (Å²) in [5, 5.41) is 7.12. The Balaban J connectivity index is 1.21. The first kappa shape index (κ1) is 31.2. The van der Waals surface area contributed by atoms with Gasteiger partial charge in [-0.05, 0) is 70.9 Å². The number of hydrogen-bond acceptors (Lipinski definition) is 2. The second-order valence-corrected chi connectivity index (χ2v) is 14.1. The molecule has 9 aromatic carbocycles. The van der Waals surface area contributed by atoms with E-state index in [0.29, 0.717) is 0 Å². The molecule has 0 bridgehead atoms. The summed E-state index contributed by atoms with van der Waals surface area (Å²) in [4.78, 5) is 2.44. The second-order valence-electron chi connectivity index (χ2n) is 14.1. The number of benzene rings is 9. The highest BCUT2D eigenvalue weighted by atomic mass is 16.3. The Hall–Kier alpha value is -7.36. The Kier molecular flexibility index (Phi) is 7.17. The van der Waals surface area contributed by atoms with Crippen molar-refractivity contribution in [2.45, 2.75) is 0 Å². The highest BCUT2D eigenvalue weighted by Crippen LogP contribution is 2.48. The Morgan fingerprint density at radius 3 is 1.89 bits per heavy atom. The van der Waals surface area contributed by atoms with Crippen molar-refractivity contribution in [2.24, 2.45) is 0 Å². The molecule has 0 N–H and O–H groups in total.